The van der Waals surface area contributed by atoms with Crippen LogP contribution in [0.5, 0.6) is 0 Å². The average Bonchev–Trinajstić information content (AvgIpc) is 2.24. The van der Waals surface area contributed by atoms with Gasteiger partial charge >= 0.3 is 0 Å². The summed E-state index contributed by atoms with van der Waals surface area (Å²) in [7, 11) is 0. The maximum atomic E-state index is 9.04. The lowest BCUT2D eigenvalue weighted by molar-refractivity contribution is 0.196. The summed E-state index contributed by atoms with van der Waals surface area (Å²) in [6, 6.07) is 4.31. The van der Waals surface area contributed by atoms with Crippen LogP contribution in [0.2, 0.25) is 0 Å². The summed E-state index contributed by atoms with van der Waals surface area (Å²) in [5.41, 5.74) is 1.33. The normalized spacial score (nSPS) is 13.8. The Bertz CT molecular complexity index is 293. The van der Waals surface area contributed by atoms with Crippen LogP contribution in [0.25, 0.3) is 0 Å². The quantitative estimate of drug-likeness (QED) is 0.800. The Morgan fingerprint density at radius 1 is 1.44 bits per heavy atom. The summed E-state index contributed by atoms with van der Waals surface area (Å²) < 4.78 is 0. The van der Waals surface area contributed by atoms with E-state index < -0.39 is 0 Å². The largest absolute Gasteiger partial charge is 0.396 e. The molecule has 0 aliphatic rings. The first-order chi connectivity index (χ1) is 7.54. The van der Waals surface area contributed by atoms with Crippen molar-refractivity contribution in [3.8, 4) is 0 Å². The number of hydrogen-bond donors (Lipinski definition) is 2. The van der Waals surface area contributed by atoms with E-state index in [0.717, 1.165) is 13.0 Å². The molecule has 1 unspecified atom stereocenters. The van der Waals surface area contributed by atoms with Gasteiger partial charge in [-0.3, -0.25) is 4.98 Å². The second-order valence-corrected chi connectivity index (χ2v) is 5.17. The van der Waals surface area contributed by atoms with Crippen molar-refractivity contribution < 1.29 is 5.11 Å². The molecule has 0 aliphatic carbocycles. The zero-order valence-electron chi connectivity index (χ0n) is 10.4. The molecule has 90 valence electrons. The predicted molar refractivity (Wildman–Crippen MR) is 66.0 cm³/mol. The van der Waals surface area contributed by atoms with Crippen molar-refractivity contribution in [1.82, 2.24) is 10.3 Å². The van der Waals surface area contributed by atoms with E-state index in [9.17, 15) is 0 Å². The first-order valence-corrected chi connectivity index (χ1v) is 5.77. The van der Waals surface area contributed by atoms with Gasteiger partial charge in [-0.2, -0.15) is 0 Å². The van der Waals surface area contributed by atoms with Crippen molar-refractivity contribution in [2.45, 2.75) is 39.8 Å². The number of hydrogen-bond acceptors (Lipinski definition) is 3. The number of aliphatic hydroxyl groups is 1. The van der Waals surface area contributed by atoms with Gasteiger partial charge in [0.1, 0.15) is 0 Å². The molecule has 1 aromatic heterocycles. The highest BCUT2D eigenvalue weighted by atomic mass is 16.3. The molecular weight excluding hydrogens is 200 g/mol. The van der Waals surface area contributed by atoms with Crippen LogP contribution in [0.1, 0.15) is 32.8 Å². The fourth-order valence-electron chi connectivity index (χ4n) is 1.71. The highest BCUT2D eigenvalue weighted by Crippen LogP contribution is 2.21. The minimum Gasteiger partial charge on any atom is -0.396 e. The highest BCUT2D eigenvalue weighted by Gasteiger charge is 2.23. The van der Waals surface area contributed by atoms with E-state index in [0.29, 0.717) is 6.04 Å². The van der Waals surface area contributed by atoms with E-state index in [-0.39, 0.29) is 12.0 Å². The lowest BCUT2D eigenvalue weighted by atomic mass is 9.85. The van der Waals surface area contributed by atoms with Crippen molar-refractivity contribution in [1.29, 1.82) is 0 Å². The van der Waals surface area contributed by atoms with Crippen LogP contribution in [0.15, 0.2) is 24.5 Å². The molecule has 3 nitrogen and oxygen atoms in total. The standard InChI is InChI=1S/C13H22N2O/c1-13(2,3)12(6-8-16)15-10-11-5-4-7-14-9-11/h4-5,7,9,12,15-16H,6,8,10H2,1-3H3. The van der Waals surface area contributed by atoms with Crippen LogP contribution in [-0.2, 0) is 6.54 Å². The molecule has 0 aliphatic heterocycles. The van der Waals surface area contributed by atoms with Crippen molar-refractivity contribution >= 4 is 0 Å². The number of rotatable bonds is 5. The van der Waals surface area contributed by atoms with Gasteiger partial charge in [-0.25, -0.2) is 0 Å². The number of aromatic nitrogens is 1. The Kier molecular flexibility index (Phi) is 4.90. The van der Waals surface area contributed by atoms with Crippen LogP contribution in [-0.4, -0.2) is 22.7 Å². The molecule has 3 heteroatoms. The Morgan fingerprint density at radius 3 is 2.69 bits per heavy atom. The van der Waals surface area contributed by atoms with Gasteiger partial charge in [0.15, 0.2) is 0 Å². The van der Waals surface area contributed by atoms with Crippen molar-refractivity contribution in [2.75, 3.05) is 6.61 Å². The van der Waals surface area contributed by atoms with Crippen molar-refractivity contribution in [2.24, 2.45) is 5.41 Å². The van der Waals surface area contributed by atoms with E-state index >= 15 is 0 Å². The van der Waals surface area contributed by atoms with Gasteiger partial charge in [-0.05, 0) is 23.5 Å². The predicted octanol–water partition coefficient (Wildman–Crippen LogP) is 1.97. The molecule has 0 saturated carbocycles. The lowest BCUT2D eigenvalue weighted by Crippen LogP contribution is -2.40. The Labute approximate surface area is 97.9 Å². The maximum absolute atomic E-state index is 9.04. The molecule has 1 heterocycles. The van der Waals surface area contributed by atoms with Crippen LogP contribution in [0.4, 0.5) is 0 Å². The lowest BCUT2D eigenvalue weighted by Gasteiger charge is -2.31. The molecule has 1 aromatic rings. The fourth-order valence-corrected chi connectivity index (χ4v) is 1.71. The maximum Gasteiger partial charge on any atom is 0.0446 e. The van der Waals surface area contributed by atoms with Gasteiger partial charge in [0.05, 0.1) is 0 Å². The van der Waals surface area contributed by atoms with Gasteiger partial charge in [-0.15, -0.1) is 0 Å². The van der Waals surface area contributed by atoms with Crippen LogP contribution in [0, 0.1) is 5.41 Å². The Balaban J connectivity index is 2.51. The van der Waals surface area contributed by atoms with Gasteiger partial charge in [0.25, 0.3) is 0 Å². The van der Waals surface area contributed by atoms with Crippen LogP contribution < -0.4 is 5.32 Å². The number of aliphatic hydroxyl groups excluding tert-OH is 1. The second kappa shape index (κ2) is 5.97. The summed E-state index contributed by atoms with van der Waals surface area (Å²) in [6.45, 7) is 7.58. The van der Waals surface area contributed by atoms with Gasteiger partial charge in [0, 0.05) is 31.6 Å². The summed E-state index contributed by atoms with van der Waals surface area (Å²) in [5, 5.41) is 12.5. The third-order valence-electron chi connectivity index (χ3n) is 2.74. The summed E-state index contributed by atoms with van der Waals surface area (Å²) in [6.07, 6.45) is 4.42. The molecule has 0 amide bonds. The smallest absolute Gasteiger partial charge is 0.0446 e. The third kappa shape index (κ3) is 4.29. The van der Waals surface area contributed by atoms with Crippen LogP contribution in [0.3, 0.4) is 0 Å². The van der Waals surface area contributed by atoms with Crippen LogP contribution >= 0.6 is 0 Å². The second-order valence-electron chi connectivity index (χ2n) is 5.17. The first-order valence-electron chi connectivity index (χ1n) is 5.77. The molecule has 0 bridgehead atoms. The molecule has 2 N–H and O–H groups in total. The zero-order chi connectivity index (χ0) is 12.0. The first kappa shape index (κ1) is 13.1. The monoisotopic (exact) mass is 222 g/mol. The summed E-state index contributed by atoms with van der Waals surface area (Å²) in [5.74, 6) is 0. The Hall–Kier alpha value is -0.930. The minimum atomic E-state index is 0.158. The average molecular weight is 222 g/mol. The molecule has 16 heavy (non-hydrogen) atoms. The van der Waals surface area contributed by atoms with E-state index in [1.807, 2.05) is 12.3 Å². The van der Waals surface area contributed by atoms with E-state index in [2.05, 4.69) is 37.1 Å². The summed E-state index contributed by atoms with van der Waals surface area (Å²) in [4.78, 5) is 4.08. The molecular formula is C13H22N2O. The highest BCUT2D eigenvalue weighted by molar-refractivity contribution is 5.08. The minimum absolute atomic E-state index is 0.158. The molecule has 0 spiro atoms. The third-order valence-corrected chi connectivity index (χ3v) is 2.74. The van der Waals surface area contributed by atoms with Gasteiger partial charge in [-0.1, -0.05) is 26.8 Å². The van der Waals surface area contributed by atoms with Gasteiger partial charge < -0.3 is 10.4 Å². The van der Waals surface area contributed by atoms with Crippen molar-refractivity contribution in [3.05, 3.63) is 30.1 Å². The molecule has 0 fully saturated rings. The summed E-state index contributed by atoms with van der Waals surface area (Å²) >= 11 is 0. The number of nitrogens with zero attached hydrogens (tertiary/aromatic N) is 1. The van der Waals surface area contributed by atoms with Gasteiger partial charge in [0.2, 0.25) is 0 Å². The zero-order valence-corrected chi connectivity index (χ0v) is 10.4. The van der Waals surface area contributed by atoms with Crippen molar-refractivity contribution in [3.63, 3.8) is 0 Å². The Morgan fingerprint density at radius 2 is 2.19 bits per heavy atom. The molecule has 0 aromatic carbocycles. The van der Waals surface area contributed by atoms with E-state index in [4.69, 9.17) is 5.11 Å². The molecule has 1 rings (SSSR count). The SMILES string of the molecule is CC(C)(C)C(CCO)NCc1cccnc1. The topological polar surface area (TPSA) is 45.1 Å². The van der Waals surface area contributed by atoms with E-state index in [1.165, 1.54) is 5.56 Å². The number of pyridine rings is 1. The molecule has 0 saturated heterocycles. The van der Waals surface area contributed by atoms with E-state index in [1.54, 1.807) is 6.20 Å². The number of nitrogens with one attached hydrogen (secondary N) is 1. The molecule has 0 radical (unpaired) electrons. The fraction of sp³-hybridized carbons (Fsp3) is 0.615. The molecule has 1 atom stereocenters.